The number of nitrogens with zero attached hydrogens (tertiary/aromatic N) is 6. The molecule has 3 aliphatic heterocycles. The number of likely N-dealkylation sites (N-methyl/N-ethyl adjacent to an activating group) is 2. The van der Waals surface area contributed by atoms with Gasteiger partial charge in [-0.05, 0) is 69.1 Å². The Balaban J connectivity index is 1.47. The topological polar surface area (TPSA) is 133 Å². The van der Waals surface area contributed by atoms with Crippen LogP contribution in [0.25, 0.3) is 0 Å². The molecule has 0 unspecified atom stereocenters. The predicted molar refractivity (Wildman–Crippen MR) is 184 cm³/mol. The molecule has 2 saturated heterocycles. The lowest BCUT2D eigenvalue weighted by Crippen LogP contribution is -2.56. The van der Waals surface area contributed by atoms with Gasteiger partial charge in [-0.2, -0.15) is 23.5 Å². The summed E-state index contributed by atoms with van der Waals surface area (Å²) in [5, 5.41) is 17.7. The van der Waals surface area contributed by atoms with E-state index in [4.69, 9.17) is 14.6 Å². The highest BCUT2D eigenvalue weighted by molar-refractivity contribution is 6.07. The minimum absolute atomic E-state index is 0.0615. The van der Waals surface area contributed by atoms with Crippen LogP contribution >= 0.6 is 0 Å². The summed E-state index contributed by atoms with van der Waals surface area (Å²) < 4.78 is 67.6. The number of carbonyl (C=O) groups is 3. The van der Waals surface area contributed by atoms with Gasteiger partial charge in [0.1, 0.15) is 23.7 Å². The van der Waals surface area contributed by atoms with E-state index >= 15 is 0 Å². The van der Waals surface area contributed by atoms with Crippen molar-refractivity contribution in [2.45, 2.75) is 62.4 Å². The van der Waals surface area contributed by atoms with Crippen molar-refractivity contribution in [3.05, 3.63) is 82.3 Å². The lowest BCUT2D eigenvalue weighted by molar-refractivity contribution is -0.137. The Morgan fingerprint density at radius 2 is 1.79 bits per heavy atom. The summed E-state index contributed by atoms with van der Waals surface area (Å²) in [7, 11) is 3.43. The molecule has 0 bridgehead atoms. The molecule has 2 aromatic carbocycles. The molecular formula is C37H41F4N7O5. The van der Waals surface area contributed by atoms with Gasteiger partial charge in [-0.1, -0.05) is 18.2 Å². The molecule has 1 aromatic heterocycles. The molecule has 0 aliphatic carbocycles. The van der Waals surface area contributed by atoms with Gasteiger partial charge in [0.2, 0.25) is 0 Å². The van der Waals surface area contributed by atoms with Crippen molar-refractivity contribution in [3.8, 4) is 6.07 Å². The highest BCUT2D eigenvalue weighted by Gasteiger charge is 2.48. The Bertz CT molecular complexity index is 1870. The summed E-state index contributed by atoms with van der Waals surface area (Å²) in [5.41, 5.74) is -0.801. The number of alkyl halides is 3. The van der Waals surface area contributed by atoms with Crippen LogP contribution in [0.3, 0.4) is 0 Å². The standard InChI is InChI=1S/C37H41F4N7O5/c1-4-47-34-30(29(22-8-10-25(38)11-9-22)31(36(47)51)43-33(49)23-6-5-7-24(18-23)37(39,40)41)32(44-48(34)26-13-16-52-17-14-26)35(50)46(3)27(19-42)12-15-45(2)28-20-53-21-28/h5-11,18,26-29,31H,4,12-17,20-21H2,1-3H3,(H,43,49)/t27-,29-,31-/m0/s1. The summed E-state index contributed by atoms with van der Waals surface area (Å²) in [6.45, 7) is 4.32. The maximum atomic E-state index is 14.6. The first-order valence-corrected chi connectivity index (χ1v) is 17.5. The predicted octanol–water partition coefficient (Wildman–Crippen LogP) is 4.37. The van der Waals surface area contributed by atoms with Gasteiger partial charge in [-0.3, -0.25) is 24.2 Å². The van der Waals surface area contributed by atoms with Gasteiger partial charge in [0.25, 0.3) is 17.7 Å². The number of carbonyl (C=O) groups excluding carboxylic acids is 3. The van der Waals surface area contributed by atoms with Crippen LogP contribution in [0.2, 0.25) is 0 Å². The van der Waals surface area contributed by atoms with Gasteiger partial charge >= 0.3 is 6.18 Å². The van der Waals surface area contributed by atoms with Gasteiger partial charge < -0.3 is 19.7 Å². The monoisotopic (exact) mass is 739 g/mol. The van der Waals surface area contributed by atoms with Crippen LogP contribution in [-0.2, 0) is 20.4 Å². The largest absolute Gasteiger partial charge is 0.416 e. The molecule has 3 aromatic rings. The Kier molecular flexibility index (Phi) is 11.2. The van der Waals surface area contributed by atoms with Crippen molar-refractivity contribution in [2.75, 3.05) is 58.5 Å². The number of nitriles is 1. The highest BCUT2D eigenvalue weighted by Crippen LogP contribution is 2.45. The molecule has 282 valence electrons. The molecule has 1 N–H and O–H groups in total. The number of hydrogen-bond donors (Lipinski definition) is 1. The second-order valence-corrected chi connectivity index (χ2v) is 13.5. The quantitative estimate of drug-likeness (QED) is 0.287. The van der Waals surface area contributed by atoms with E-state index in [9.17, 15) is 37.2 Å². The maximum absolute atomic E-state index is 14.6. The number of ether oxygens (including phenoxy) is 2. The van der Waals surface area contributed by atoms with Crippen molar-refractivity contribution in [1.82, 2.24) is 24.9 Å². The Morgan fingerprint density at radius 3 is 2.40 bits per heavy atom. The third-order valence-corrected chi connectivity index (χ3v) is 10.3. The highest BCUT2D eigenvalue weighted by atomic mass is 19.4. The van der Waals surface area contributed by atoms with E-state index in [1.807, 2.05) is 7.05 Å². The van der Waals surface area contributed by atoms with Crippen LogP contribution in [0.1, 0.15) is 75.7 Å². The smallest absolute Gasteiger partial charge is 0.381 e. The van der Waals surface area contributed by atoms with Crippen LogP contribution in [0.15, 0.2) is 48.5 Å². The number of halogens is 4. The van der Waals surface area contributed by atoms with E-state index in [0.29, 0.717) is 69.7 Å². The first kappa shape index (κ1) is 37.9. The Labute approximate surface area is 304 Å². The van der Waals surface area contributed by atoms with E-state index in [1.165, 1.54) is 47.2 Å². The molecule has 16 heteroatoms. The maximum Gasteiger partial charge on any atom is 0.416 e. The molecule has 3 amide bonds. The molecule has 0 radical (unpaired) electrons. The number of benzene rings is 2. The van der Waals surface area contributed by atoms with Crippen molar-refractivity contribution < 1.29 is 41.4 Å². The second-order valence-electron chi connectivity index (χ2n) is 13.5. The average Bonchev–Trinajstić information content (AvgIpc) is 3.51. The van der Waals surface area contributed by atoms with E-state index in [0.717, 1.165) is 12.1 Å². The first-order valence-electron chi connectivity index (χ1n) is 17.5. The molecule has 3 aliphatic rings. The fourth-order valence-corrected chi connectivity index (χ4v) is 7.10. The number of amides is 3. The van der Waals surface area contributed by atoms with E-state index < -0.39 is 53.3 Å². The van der Waals surface area contributed by atoms with Crippen molar-refractivity contribution in [3.63, 3.8) is 0 Å². The Hall–Kier alpha value is -4.85. The summed E-state index contributed by atoms with van der Waals surface area (Å²) in [5.74, 6) is -3.52. The van der Waals surface area contributed by atoms with Crippen molar-refractivity contribution in [2.24, 2.45) is 0 Å². The van der Waals surface area contributed by atoms with Gasteiger partial charge in [0, 0.05) is 50.4 Å². The molecule has 0 spiro atoms. The molecule has 12 nitrogen and oxygen atoms in total. The molecular weight excluding hydrogens is 698 g/mol. The van der Waals surface area contributed by atoms with Crippen molar-refractivity contribution in [1.29, 1.82) is 5.26 Å². The zero-order valence-electron chi connectivity index (χ0n) is 29.6. The fraction of sp³-hybridized carbons (Fsp3) is 0.486. The number of aromatic nitrogens is 2. The van der Waals surface area contributed by atoms with E-state index in [-0.39, 0.29) is 35.4 Å². The first-order chi connectivity index (χ1) is 25.3. The summed E-state index contributed by atoms with van der Waals surface area (Å²) in [6.07, 6.45) is -3.34. The van der Waals surface area contributed by atoms with Crippen LogP contribution in [-0.4, -0.2) is 109 Å². The van der Waals surface area contributed by atoms with Gasteiger partial charge in [-0.15, -0.1) is 0 Å². The number of hydrogen-bond acceptors (Lipinski definition) is 8. The van der Waals surface area contributed by atoms with E-state index in [2.05, 4.69) is 16.3 Å². The number of rotatable bonds is 11. The van der Waals surface area contributed by atoms with Crippen molar-refractivity contribution >= 4 is 23.5 Å². The Morgan fingerprint density at radius 1 is 1.09 bits per heavy atom. The third-order valence-electron chi connectivity index (χ3n) is 10.3. The fourth-order valence-electron chi connectivity index (χ4n) is 7.10. The normalized spacial score (nSPS) is 20.1. The van der Waals surface area contributed by atoms with Crippen LogP contribution in [0, 0.1) is 17.1 Å². The molecule has 53 heavy (non-hydrogen) atoms. The third kappa shape index (κ3) is 7.64. The summed E-state index contributed by atoms with van der Waals surface area (Å²) in [4.78, 5) is 47.7. The lowest BCUT2D eigenvalue weighted by Gasteiger charge is -2.39. The molecule has 3 atom stereocenters. The van der Waals surface area contributed by atoms with E-state index in [1.54, 1.807) is 11.6 Å². The van der Waals surface area contributed by atoms with Gasteiger partial charge in [0.15, 0.2) is 5.69 Å². The molecule has 0 saturated carbocycles. The number of nitrogens with one attached hydrogen (secondary N) is 1. The van der Waals surface area contributed by atoms with Gasteiger partial charge in [-0.25, -0.2) is 9.07 Å². The zero-order chi connectivity index (χ0) is 38.0. The van der Waals surface area contributed by atoms with Crippen LogP contribution in [0.5, 0.6) is 0 Å². The number of fused-ring (bicyclic) bond motifs is 1. The minimum Gasteiger partial charge on any atom is -0.381 e. The zero-order valence-corrected chi connectivity index (χ0v) is 29.6. The van der Waals surface area contributed by atoms with Crippen LogP contribution in [0.4, 0.5) is 23.4 Å². The molecule has 6 rings (SSSR count). The SMILES string of the molecule is CCN1C(=O)[C@@H](NC(=O)c2cccc(C(F)(F)F)c2)[C@@H](c2ccc(F)cc2)c2c(C(=O)N(C)[C@H](C#N)CCN(C)C3COC3)nn(C3CCOCC3)c21. The minimum atomic E-state index is -4.72. The average molecular weight is 740 g/mol. The molecule has 2 fully saturated rings. The summed E-state index contributed by atoms with van der Waals surface area (Å²) >= 11 is 0. The number of anilines is 1. The van der Waals surface area contributed by atoms with Gasteiger partial charge in [0.05, 0.1) is 36.9 Å². The van der Waals surface area contributed by atoms with Crippen LogP contribution < -0.4 is 10.2 Å². The lowest BCUT2D eigenvalue weighted by atomic mass is 9.80. The molecule has 4 heterocycles. The second kappa shape index (κ2) is 15.6. The summed E-state index contributed by atoms with van der Waals surface area (Å²) in [6, 6.07) is 8.95.